The summed E-state index contributed by atoms with van der Waals surface area (Å²) in [6.45, 7) is 3.19. The van der Waals surface area contributed by atoms with E-state index in [4.69, 9.17) is 4.74 Å². The molecular formula is C17H19N3O2S. The zero-order valence-corrected chi connectivity index (χ0v) is 13.6. The number of hydrogen-bond acceptors (Lipinski definition) is 5. The van der Waals surface area contributed by atoms with Crippen LogP contribution in [0.25, 0.3) is 5.70 Å². The van der Waals surface area contributed by atoms with E-state index in [2.05, 4.69) is 32.7 Å². The number of nitrogens with zero attached hydrogens (tertiary/aromatic N) is 2. The number of nitrogens with one attached hydrogen (secondary N) is 1. The minimum absolute atomic E-state index is 0.0701. The second-order valence-corrected chi connectivity index (χ2v) is 6.73. The number of rotatable bonds is 3. The van der Waals surface area contributed by atoms with Crippen LogP contribution in [-0.2, 0) is 9.53 Å². The molecule has 1 aromatic rings. The van der Waals surface area contributed by atoms with Crippen molar-refractivity contribution in [2.45, 2.75) is 12.8 Å². The highest BCUT2D eigenvalue weighted by atomic mass is 32.2. The van der Waals surface area contributed by atoms with Crippen LogP contribution in [0.1, 0.15) is 18.4 Å². The second-order valence-electron chi connectivity index (χ2n) is 5.89. The number of aliphatic imine (C=N–C) groups is 1. The predicted molar refractivity (Wildman–Crippen MR) is 93.2 cm³/mol. The van der Waals surface area contributed by atoms with Gasteiger partial charge in [-0.25, -0.2) is 0 Å². The highest BCUT2D eigenvalue weighted by Crippen LogP contribution is 2.35. The van der Waals surface area contributed by atoms with Gasteiger partial charge in [0.1, 0.15) is 0 Å². The van der Waals surface area contributed by atoms with Crippen molar-refractivity contribution in [3.8, 4) is 0 Å². The maximum Gasteiger partial charge on any atom is 0.227 e. The van der Waals surface area contributed by atoms with E-state index in [1.165, 1.54) is 5.70 Å². The lowest BCUT2D eigenvalue weighted by Crippen LogP contribution is -2.28. The van der Waals surface area contributed by atoms with E-state index in [0.717, 1.165) is 42.3 Å². The summed E-state index contributed by atoms with van der Waals surface area (Å²) in [6.07, 6.45) is 1.62. The van der Waals surface area contributed by atoms with E-state index >= 15 is 0 Å². The van der Waals surface area contributed by atoms with Gasteiger partial charge in [-0.1, -0.05) is 23.9 Å². The van der Waals surface area contributed by atoms with E-state index in [1.807, 2.05) is 12.1 Å². The summed E-state index contributed by atoms with van der Waals surface area (Å²) in [7, 11) is 0. The molecule has 0 saturated carbocycles. The Balaban J connectivity index is 1.42. The van der Waals surface area contributed by atoms with Gasteiger partial charge in [-0.15, -0.1) is 0 Å². The molecule has 0 aliphatic carbocycles. The zero-order valence-electron chi connectivity index (χ0n) is 12.8. The van der Waals surface area contributed by atoms with Crippen molar-refractivity contribution in [1.82, 2.24) is 4.90 Å². The molecule has 0 bridgehead atoms. The maximum absolute atomic E-state index is 12.3. The van der Waals surface area contributed by atoms with E-state index in [0.29, 0.717) is 13.2 Å². The van der Waals surface area contributed by atoms with Gasteiger partial charge in [0, 0.05) is 36.8 Å². The summed E-state index contributed by atoms with van der Waals surface area (Å²) in [5.41, 5.74) is 3.22. The van der Waals surface area contributed by atoms with Gasteiger partial charge in [0.05, 0.1) is 12.2 Å². The Morgan fingerprint density at radius 3 is 2.83 bits per heavy atom. The Bertz CT molecular complexity index is 663. The molecule has 1 N–H and O–H groups in total. The third-order valence-electron chi connectivity index (χ3n) is 4.41. The van der Waals surface area contributed by atoms with E-state index in [9.17, 15) is 4.79 Å². The molecule has 0 atom stereocenters. The number of carbonyl (C=O) groups is 1. The van der Waals surface area contributed by atoms with Crippen LogP contribution in [0.15, 0.2) is 34.7 Å². The van der Waals surface area contributed by atoms with Crippen LogP contribution in [0.5, 0.6) is 0 Å². The quantitative estimate of drug-likeness (QED) is 0.926. The molecule has 3 aliphatic rings. The molecule has 1 fully saturated rings. The lowest BCUT2D eigenvalue weighted by atomic mass is 9.99. The molecule has 1 amide bonds. The fourth-order valence-corrected chi connectivity index (χ4v) is 4.04. The average Bonchev–Trinajstić information content (AvgIpc) is 3.20. The van der Waals surface area contributed by atoms with Crippen LogP contribution in [-0.4, -0.2) is 42.3 Å². The van der Waals surface area contributed by atoms with Crippen molar-refractivity contribution < 1.29 is 9.53 Å². The van der Waals surface area contributed by atoms with Crippen molar-refractivity contribution in [1.29, 1.82) is 0 Å². The highest BCUT2D eigenvalue weighted by molar-refractivity contribution is 8.16. The number of ether oxygens (including phenoxy) is 1. The summed E-state index contributed by atoms with van der Waals surface area (Å²) in [5, 5.41) is 6.26. The van der Waals surface area contributed by atoms with Crippen LogP contribution < -0.4 is 5.32 Å². The van der Waals surface area contributed by atoms with Crippen LogP contribution in [0, 0.1) is 5.92 Å². The highest BCUT2D eigenvalue weighted by Gasteiger charge is 2.27. The standard InChI is InChI=1S/C17H19N3O2S/c21-16(13-5-9-22-10-6-13)19-14-3-1-12(2-4-14)15-11-23-17-18-7-8-20(15)17/h1-4,11,13H,5-10H2,(H,19,21). The van der Waals surface area contributed by atoms with Gasteiger partial charge in [0.15, 0.2) is 5.17 Å². The Hall–Kier alpha value is -1.79. The number of amides is 1. The van der Waals surface area contributed by atoms with Crippen molar-refractivity contribution >= 4 is 34.2 Å². The van der Waals surface area contributed by atoms with Crippen LogP contribution in [0.3, 0.4) is 0 Å². The maximum atomic E-state index is 12.3. The third-order valence-corrected chi connectivity index (χ3v) is 5.31. The lowest BCUT2D eigenvalue weighted by molar-refractivity contribution is -0.122. The molecule has 3 heterocycles. The molecule has 5 nitrogen and oxygen atoms in total. The minimum atomic E-state index is 0.0701. The molecule has 6 heteroatoms. The SMILES string of the molecule is O=C(Nc1ccc(C2=CSC3=NCCN23)cc1)C1CCOCC1. The van der Waals surface area contributed by atoms with Gasteiger partial charge in [0.25, 0.3) is 0 Å². The number of amidine groups is 1. The number of hydrogen-bond donors (Lipinski definition) is 1. The summed E-state index contributed by atoms with van der Waals surface area (Å²) in [4.78, 5) is 19.0. The molecule has 1 saturated heterocycles. The van der Waals surface area contributed by atoms with E-state index < -0.39 is 0 Å². The van der Waals surface area contributed by atoms with Gasteiger partial charge >= 0.3 is 0 Å². The lowest BCUT2D eigenvalue weighted by Gasteiger charge is -2.21. The largest absolute Gasteiger partial charge is 0.381 e. The average molecular weight is 329 g/mol. The Kier molecular flexibility index (Phi) is 4.10. The van der Waals surface area contributed by atoms with Crippen LogP contribution in [0.2, 0.25) is 0 Å². The summed E-state index contributed by atoms with van der Waals surface area (Å²) >= 11 is 1.68. The molecule has 1 aromatic carbocycles. The number of anilines is 1. The summed E-state index contributed by atoms with van der Waals surface area (Å²) in [5.74, 6) is 0.173. The molecule has 0 unspecified atom stereocenters. The molecule has 0 spiro atoms. The Morgan fingerprint density at radius 1 is 1.26 bits per heavy atom. The second kappa shape index (κ2) is 6.37. The van der Waals surface area contributed by atoms with Gasteiger partial charge in [0.2, 0.25) is 5.91 Å². The molecule has 3 aliphatic heterocycles. The fourth-order valence-electron chi connectivity index (χ4n) is 3.08. The summed E-state index contributed by atoms with van der Waals surface area (Å²) in [6, 6.07) is 8.08. The van der Waals surface area contributed by atoms with Crippen molar-refractivity contribution in [2.24, 2.45) is 10.9 Å². The van der Waals surface area contributed by atoms with Gasteiger partial charge < -0.3 is 15.0 Å². The molecule has 0 aromatic heterocycles. The normalized spacial score (nSPS) is 21.0. The zero-order chi connectivity index (χ0) is 15.6. The van der Waals surface area contributed by atoms with Crippen molar-refractivity contribution in [2.75, 3.05) is 31.6 Å². The minimum Gasteiger partial charge on any atom is -0.381 e. The summed E-state index contributed by atoms with van der Waals surface area (Å²) < 4.78 is 5.30. The molecule has 23 heavy (non-hydrogen) atoms. The number of benzene rings is 1. The fraction of sp³-hybridized carbons (Fsp3) is 0.412. The van der Waals surface area contributed by atoms with E-state index in [-0.39, 0.29) is 11.8 Å². The topological polar surface area (TPSA) is 53.9 Å². The number of carbonyl (C=O) groups excluding carboxylic acids is 1. The predicted octanol–water partition coefficient (Wildman–Crippen LogP) is 2.77. The number of thioether (sulfide) groups is 1. The first-order valence-corrected chi connectivity index (χ1v) is 8.87. The molecule has 0 radical (unpaired) electrons. The monoisotopic (exact) mass is 329 g/mol. The Morgan fingerprint density at radius 2 is 2.04 bits per heavy atom. The van der Waals surface area contributed by atoms with Crippen LogP contribution >= 0.6 is 11.8 Å². The molecular weight excluding hydrogens is 310 g/mol. The first-order chi connectivity index (χ1) is 11.3. The smallest absolute Gasteiger partial charge is 0.227 e. The molecule has 4 rings (SSSR count). The number of fused-ring (bicyclic) bond motifs is 1. The van der Waals surface area contributed by atoms with Gasteiger partial charge in [-0.05, 0) is 30.5 Å². The first-order valence-electron chi connectivity index (χ1n) is 7.99. The van der Waals surface area contributed by atoms with Gasteiger partial charge in [-0.2, -0.15) is 0 Å². The first kappa shape index (κ1) is 14.8. The third kappa shape index (κ3) is 3.01. The van der Waals surface area contributed by atoms with E-state index in [1.54, 1.807) is 11.8 Å². The van der Waals surface area contributed by atoms with Crippen molar-refractivity contribution in [3.05, 3.63) is 35.2 Å². The Labute approximate surface area is 139 Å². The molecule has 120 valence electrons. The van der Waals surface area contributed by atoms with Crippen LogP contribution in [0.4, 0.5) is 5.69 Å². The van der Waals surface area contributed by atoms with Gasteiger partial charge in [-0.3, -0.25) is 9.79 Å². The van der Waals surface area contributed by atoms with Crippen molar-refractivity contribution in [3.63, 3.8) is 0 Å².